The second-order valence-corrected chi connectivity index (χ2v) is 2.88. The van der Waals surface area contributed by atoms with Gasteiger partial charge in [0.05, 0.1) is 0 Å². The van der Waals surface area contributed by atoms with Crippen molar-refractivity contribution in [2.75, 3.05) is 6.54 Å². The standard InChI is InChI=1S/C10H12FNO/c1-3-9(8(2)11)7-12-6-4-5-10(12)13/h3,7H,1-2,4-6H2. The lowest BCUT2D eigenvalue weighted by Crippen LogP contribution is -2.18. The lowest BCUT2D eigenvalue weighted by atomic mass is 10.2. The van der Waals surface area contributed by atoms with Gasteiger partial charge in [0.1, 0.15) is 5.83 Å². The maximum absolute atomic E-state index is 12.7. The van der Waals surface area contributed by atoms with Crippen molar-refractivity contribution in [1.82, 2.24) is 4.90 Å². The van der Waals surface area contributed by atoms with E-state index in [0.29, 0.717) is 13.0 Å². The lowest BCUT2D eigenvalue weighted by Gasteiger charge is -2.10. The van der Waals surface area contributed by atoms with Gasteiger partial charge < -0.3 is 4.90 Å². The molecule has 0 spiro atoms. The second-order valence-electron chi connectivity index (χ2n) is 2.88. The smallest absolute Gasteiger partial charge is 0.226 e. The summed E-state index contributed by atoms with van der Waals surface area (Å²) in [4.78, 5) is 12.6. The van der Waals surface area contributed by atoms with Crippen LogP contribution in [0.25, 0.3) is 0 Å². The lowest BCUT2D eigenvalue weighted by molar-refractivity contribution is -0.125. The van der Waals surface area contributed by atoms with Gasteiger partial charge in [0.25, 0.3) is 0 Å². The summed E-state index contributed by atoms with van der Waals surface area (Å²) in [6, 6.07) is 0. The van der Waals surface area contributed by atoms with Gasteiger partial charge in [-0.3, -0.25) is 4.79 Å². The Labute approximate surface area is 77.0 Å². The Morgan fingerprint density at radius 1 is 1.62 bits per heavy atom. The van der Waals surface area contributed by atoms with E-state index in [1.54, 1.807) is 0 Å². The molecule has 70 valence electrons. The number of carbonyl (C=O) groups is 1. The van der Waals surface area contributed by atoms with Crippen LogP contribution in [0, 0.1) is 0 Å². The summed E-state index contributed by atoms with van der Waals surface area (Å²) in [5.41, 5.74) is 0.273. The van der Waals surface area contributed by atoms with Crippen LogP contribution in [0.1, 0.15) is 12.8 Å². The first kappa shape index (κ1) is 9.71. The van der Waals surface area contributed by atoms with Crippen LogP contribution >= 0.6 is 0 Å². The average Bonchev–Trinajstić information content (AvgIpc) is 2.46. The summed E-state index contributed by atoms with van der Waals surface area (Å²) in [5, 5.41) is 0. The van der Waals surface area contributed by atoms with Crippen LogP contribution in [-0.2, 0) is 4.79 Å². The van der Waals surface area contributed by atoms with E-state index in [-0.39, 0.29) is 11.5 Å². The molecule has 1 aliphatic heterocycles. The molecule has 1 rings (SSSR count). The van der Waals surface area contributed by atoms with Crippen LogP contribution in [0.5, 0.6) is 0 Å². The van der Waals surface area contributed by atoms with E-state index in [1.165, 1.54) is 17.2 Å². The Bertz CT molecular complexity index is 281. The molecule has 0 bridgehead atoms. The van der Waals surface area contributed by atoms with Crippen molar-refractivity contribution in [3.8, 4) is 0 Å². The number of carbonyl (C=O) groups excluding carboxylic acids is 1. The molecule has 0 aliphatic carbocycles. The van der Waals surface area contributed by atoms with E-state index in [9.17, 15) is 9.18 Å². The summed E-state index contributed by atoms with van der Waals surface area (Å²) in [6.07, 6.45) is 4.19. The fourth-order valence-corrected chi connectivity index (χ4v) is 1.21. The van der Waals surface area contributed by atoms with E-state index < -0.39 is 5.83 Å². The van der Waals surface area contributed by atoms with E-state index >= 15 is 0 Å². The molecule has 0 radical (unpaired) electrons. The number of hydrogen-bond acceptors (Lipinski definition) is 1. The zero-order valence-electron chi connectivity index (χ0n) is 7.42. The molecule has 0 aromatic rings. The van der Waals surface area contributed by atoms with Crippen molar-refractivity contribution in [2.45, 2.75) is 12.8 Å². The minimum Gasteiger partial charge on any atom is -0.318 e. The molecular weight excluding hydrogens is 169 g/mol. The predicted octanol–water partition coefficient (Wildman–Crippen LogP) is 2.16. The van der Waals surface area contributed by atoms with Gasteiger partial charge in [-0.15, -0.1) is 0 Å². The number of hydrogen-bond donors (Lipinski definition) is 0. The van der Waals surface area contributed by atoms with Crippen molar-refractivity contribution < 1.29 is 9.18 Å². The monoisotopic (exact) mass is 181 g/mol. The molecule has 1 heterocycles. The Hall–Kier alpha value is -1.38. The van der Waals surface area contributed by atoms with Crippen LogP contribution < -0.4 is 0 Å². The minimum atomic E-state index is -0.560. The van der Waals surface area contributed by atoms with Crippen LogP contribution in [0.2, 0.25) is 0 Å². The van der Waals surface area contributed by atoms with Crippen molar-refractivity contribution in [3.63, 3.8) is 0 Å². The molecule has 3 heteroatoms. The highest BCUT2D eigenvalue weighted by Crippen LogP contribution is 2.16. The van der Waals surface area contributed by atoms with Crippen LogP contribution in [0.3, 0.4) is 0 Å². The first-order chi connectivity index (χ1) is 6.15. The van der Waals surface area contributed by atoms with Crippen molar-refractivity contribution >= 4 is 5.91 Å². The fourth-order valence-electron chi connectivity index (χ4n) is 1.21. The number of amides is 1. The number of allylic oxidation sites excluding steroid dienone is 3. The van der Waals surface area contributed by atoms with Gasteiger partial charge in [0, 0.05) is 24.7 Å². The van der Waals surface area contributed by atoms with Crippen LogP contribution in [-0.4, -0.2) is 17.4 Å². The number of halogens is 1. The molecule has 1 amide bonds. The SMILES string of the molecule is C=CC(=CN1CCCC1=O)C(=C)F. The van der Waals surface area contributed by atoms with Gasteiger partial charge in [-0.05, 0) is 6.42 Å². The first-order valence-corrected chi connectivity index (χ1v) is 4.13. The number of likely N-dealkylation sites (tertiary alicyclic amines) is 1. The predicted molar refractivity (Wildman–Crippen MR) is 49.5 cm³/mol. The molecule has 0 aromatic carbocycles. The number of nitrogens with zero attached hydrogens (tertiary/aromatic N) is 1. The third kappa shape index (κ3) is 2.28. The largest absolute Gasteiger partial charge is 0.318 e. The van der Waals surface area contributed by atoms with Gasteiger partial charge in [0.15, 0.2) is 0 Å². The highest BCUT2D eigenvalue weighted by Gasteiger charge is 2.18. The van der Waals surface area contributed by atoms with Gasteiger partial charge in [-0.1, -0.05) is 19.2 Å². The summed E-state index contributed by atoms with van der Waals surface area (Å²) in [7, 11) is 0. The van der Waals surface area contributed by atoms with Gasteiger partial charge in [0.2, 0.25) is 5.91 Å². The van der Waals surface area contributed by atoms with Gasteiger partial charge in [-0.25, -0.2) is 4.39 Å². The molecule has 1 saturated heterocycles. The van der Waals surface area contributed by atoms with Crippen molar-refractivity contribution in [3.05, 3.63) is 36.8 Å². The third-order valence-electron chi connectivity index (χ3n) is 1.94. The molecule has 0 N–H and O–H groups in total. The molecule has 1 fully saturated rings. The zero-order valence-corrected chi connectivity index (χ0v) is 7.42. The highest BCUT2D eigenvalue weighted by atomic mass is 19.1. The quantitative estimate of drug-likeness (QED) is 0.611. The minimum absolute atomic E-state index is 0.0283. The Morgan fingerprint density at radius 3 is 2.69 bits per heavy atom. The molecule has 1 aliphatic rings. The number of rotatable bonds is 3. The van der Waals surface area contributed by atoms with Crippen molar-refractivity contribution in [1.29, 1.82) is 0 Å². The average molecular weight is 181 g/mol. The second kappa shape index (κ2) is 4.03. The summed E-state index contributed by atoms with van der Waals surface area (Å²) in [6.45, 7) is 7.25. The Balaban J connectivity index is 2.77. The topological polar surface area (TPSA) is 20.3 Å². The highest BCUT2D eigenvalue weighted by molar-refractivity contribution is 5.79. The Kier molecular flexibility index (Phi) is 3.01. The molecule has 2 nitrogen and oxygen atoms in total. The van der Waals surface area contributed by atoms with E-state index in [4.69, 9.17) is 0 Å². The molecule has 13 heavy (non-hydrogen) atoms. The fraction of sp³-hybridized carbons (Fsp3) is 0.300. The summed E-state index contributed by atoms with van der Waals surface area (Å²) < 4.78 is 12.7. The Morgan fingerprint density at radius 2 is 2.31 bits per heavy atom. The van der Waals surface area contributed by atoms with Crippen LogP contribution in [0.15, 0.2) is 36.8 Å². The third-order valence-corrected chi connectivity index (χ3v) is 1.94. The van der Waals surface area contributed by atoms with Crippen molar-refractivity contribution in [2.24, 2.45) is 0 Å². The van der Waals surface area contributed by atoms with E-state index in [0.717, 1.165) is 6.42 Å². The molecule has 0 aromatic heterocycles. The summed E-state index contributed by atoms with van der Waals surface area (Å²) >= 11 is 0. The van der Waals surface area contributed by atoms with E-state index in [1.807, 2.05) is 0 Å². The maximum atomic E-state index is 12.7. The van der Waals surface area contributed by atoms with Crippen LogP contribution in [0.4, 0.5) is 4.39 Å². The molecular formula is C10H12FNO. The summed E-state index contributed by atoms with van der Waals surface area (Å²) in [5.74, 6) is -0.532. The van der Waals surface area contributed by atoms with Gasteiger partial charge >= 0.3 is 0 Å². The van der Waals surface area contributed by atoms with E-state index in [2.05, 4.69) is 13.2 Å². The molecule has 0 unspecified atom stereocenters. The molecule has 0 saturated carbocycles. The zero-order chi connectivity index (χ0) is 9.84. The van der Waals surface area contributed by atoms with Gasteiger partial charge in [-0.2, -0.15) is 0 Å². The normalized spacial score (nSPS) is 17.8. The maximum Gasteiger partial charge on any atom is 0.226 e. The molecule has 0 atom stereocenters. The first-order valence-electron chi connectivity index (χ1n) is 4.13.